The Hall–Kier alpha value is -1.24. The molecule has 0 heterocycles. The van der Waals surface area contributed by atoms with Gasteiger partial charge in [-0.15, -0.1) is 0 Å². The van der Waals surface area contributed by atoms with Gasteiger partial charge in [-0.3, -0.25) is 0 Å². The highest BCUT2D eigenvalue weighted by atomic mass is 79.9. The number of carboxylic acid groups (broad SMARTS) is 1. The van der Waals surface area contributed by atoms with E-state index in [1.54, 1.807) is 12.1 Å². The van der Waals surface area contributed by atoms with Crippen molar-refractivity contribution in [1.29, 1.82) is 0 Å². The zero-order chi connectivity index (χ0) is 17.0. The monoisotopic (exact) mass is 461 g/mol. The van der Waals surface area contributed by atoms with Gasteiger partial charge in [0.05, 0.1) is 21.7 Å². The van der Waals surface area contributed by atoms with Gasteiger partial charge in [0.25, 0.3) is 0 Å². The van der Waals surface area contributed by atoms with Crippen molar-refractivity contribution in [2.45, 2.75) is 13.5 Å². The van der Waals surface area contributed by atoms with Crippen molar-refractivity contribution in [1.82, 2.24) is 0 Å². The minimum Gasteiger partial charge on any atom is -0.492 e. The molecule has 0 saturated heterocycles. The second-order valence-corrected chi connectivity index (χ2v) is 6.84. The molecule has 0 saturated carbocycles. The molecule has 0 radical (unpaired) electrons. The molecule has 0 unspecified atom stereocenters. The number of carbonyl (C=O) groups is 1. The summed E-state index contributed by atoms with van der Waals surface area (Å²) in [4.78, 5) is 11.1. The minimum absolute atomic E-state index is 0.0668. The highest BCUT2D eigenvalue weighted by Crippen LogP contribution is 2.33. The third kappa shape index (κ3) is 4.62. The van der Waals surface area contributed by atoms with E-state index in [1.165, 1.54) is 6.07 Å². The largest absolute Gasteiger partial charge is 0.492 e. The normalized spacial score (nSPS) is 10.4. The van der Waals surface area contributed by atoms with Gasteiger partial charge in [0, 0.05) is 22.3 Å². The van der Waals surface area contributed by atoms with Crippen LogP contribution < -0.4 is 10.1 Å². The molecule has 2 aromatic rings. The van der Waals surface area contributed by atoms with Gasteiger partial charge in [-0.2, -0.15) is 0 Å². The van der Waals surface area contributed by atoms with Crippen LogP contribution in [0.25, 0.3) is 0 Å². The number of carboxylic acids is 1. The Morgan fingerprint density at radius 1 is 1.30 bits per heavy atom. The van der Waals surface area contributed by atoms with E-state index in [0.29, 0.717) is 18.8 Å². The van der Waals surface area contributed by atoms with Crippen LogP contribution in [0, 0.1) is 0 Å². The smallest absolute Gasteiger partial charge is 0.337 e. The summed E-state index contributed by atoms with van der Waals surface area (Å²) in [5.41, 5.74) is 1.68. The first kappa shape index (κ1) is 18.1. The van der Waals surface area contributed by atoms with Crippen molar-refractivity contribution in [2.24, 2.45) is 0 Å². The number of rotatable bonds is 6. The summed E-state index contributed by atoms with van der Waals surface area (Å²) in [6.07, 6.45) is 0. The molecule has 0 amide bonds. The Kier molecular flexibility index (Phi) is 6.33. The van der Waals surface area contributed by atoms with Crippen LogP contribution in [0.15, 0.2) is 39.3 Å². The van der Waals surface area contributed by atoms with E-state index in [-0.39, 0.29) is 10.6 Å². The molecule has 2 rings (SSSR count). The molecule has 0 spiro atoms. The van der Waals surface area contributed by atoms with E-state index < -0.39 is 5.97 Å². The molecule has 122 valence electrons. The van der Waals surface area contributed by atoms with Crippen LogP contribution in [0.1, 0.15) is 22.8 Å². The summed E-state index contributed by atoms with van der Waals surface area (Å²) in [5.74, 6) is -0.297. The molecule has 4 nitrogen and oxygen atoms in total. The average molecular weight is 464 g/mol. The van der Waals surface area contributed by atoms with E-state index in [2.05, 4.69) is 37.2 Å². The fourth-order valence-corrected chi connectivity index (χ4v) is 3.67. The molecule has 0 bridgehead atoms. The Morgan fingerprint density at radius 3 is 2.70 bits per heavy atom. The number of ether oxygens (including phenoxy) is 1. The molecule has 2 aromatic carbocycles. The van der Waals surface area contributed by atoms with Crippen LogP contribution >= 0.6 is 43.5 Å². The third-order valence-corrected chi connectivity index (χ3v) is 4.43. The van der Waals surface area contributed by atoms with Gasteiger partial charge in [0.2, 0.25) is 0 Å². The molecule has 0 atom stereocenters. The van der Waals surface area contributed by atoms with Gasteiger partial charge in [-0.25, -0.2) is 4.79 Å². The van der Waals surface area contributed by atoms with Crippen LogP contribution in [0.2, 0.25) is 5.02 Å². The number of anilines is 1. The number of hydrogen-bond acceptors (Lipinski definition) is 3. The molecule has 0 aliphatic heterocycles. The average Bonchev–Trinajstić information content (AvgIpc) is 2.49. The first-order valence-electron chi connectivity index (χ1n) is 6.79. The van der Waals surface area contributed by atoms with E-state index in [0.717, 1.165) is 20.3 Å². The maximum Gasteiger partial charge on any atom is 0.337 e. The lowest BCUT2D eigenvalue weighted by molar-refractivity contribution is 0.0697. The van der Waals surface area contributed by atoms with Crippen LogP contribution in [-0.4, -0.2) is 17.7 Å². The number of hydrogen-bond donors (Lipinski definition) is 2. The van der Waals surface area contributed by atoms with Gasteiger partial charge in [-0.05, 0) is 53.2 Å². The molecule has 2 N–H and O–H groups in total. The summed E-state index contributed by atoms with van der Waals surface area (Å²) >= 11 is 12.8. The van der Waals surface area contributed by atoms with Crippen molar-refractivity contribution in [3.05, 3.63) is 55.4 Å². The summed E-state index contributed by atoms with van der Waals surface area (Å²) in [6, 6.07) is 8.68. The molecular weight excluding hydrogens is 449 g/mol. The number of nitrogens with one attached hydrogen (secondary N) is 1. The van der Waals surface area contributed by atoms with Gasteiger partial charge in [0.1, 0.15) is 5.75 Å². The molecule has 0 aliphatic carbocycles. The SMILES string of the molecule is CCOc1c(Br)cc(Br)cc1CNc1ccc(Cl)c(C(=O)O)c1. The zero-order valence-corrected chi connectivity index (χ0v) is 16.1. The standard InChI is InChI=1S/C16H14Br2ClNO3/c1-2-23-15-9(5-10(17)6-13(15)18)8-20-11-3-4-14(19)12(7-11)16(21)22/h3-7,20H,2,8H2,1H3,(H,21,22). The van der Waals surface area contributed by atoms with E-state index in [4.69, 9.17) is 21.4 Å². The Bertz CT molecular complexity index is 738. The summed E-state index contributed by atoms with van der Waals surface area (Å²) in [5, 5.41) is 12.5. The fourth-order valence-electron chi connectivity index (χ4n) is 2.05. The molecule has 7 heteroatoms. The molecular formula is C16H14Br2ClNO3. The first-order chi connectivity index (χ1) is 10.9. The Labute approximate surface area is 156 Å². The van der Waals surface area contributed by atoms with E-state index in [9.17, 15) is 4.79 Å². The van der Waals surface area contributed by atoms with Crippen LogP contribution in [0.5, 0.6) is 5.75 Å². The predicted molar refractivity (Wildman–Crippen MR) is 98.7 cm³/mol. The molecule has 0 aromatic heterocycles. The lowest BCUT2D eigenvalue weighted by Crippen LogP contribution is -2.05. The van der Waals surface area contributed by atoms with Crippen molar-refractivity contribution < 1.29 is 14.6 Å². The first-order valence-corrected chi connectivity index (χ1v) is 8.76. The highest BCUT2D eigenvalue weighted by Gasteiger charge is 2.12. The van der Waals surface area contributed by atoms with Crippen molar-refractivity contribution in [2.75, 3.05) is 11.9 Å². The topological polar surface area (TPSA) is 58.6 Å². The van der Waals surface area contributed by atoms with Gasteiger partial charge >= 0.3 is 5.97 Å². The van der Waals surface area contributed by atoms with E-state index >= 15 is 0 Å². The quantitative estimate of drug-likeness (QED) is 0.588. The van der Waals surface area contributed by atoms with Crippen molar-refractivity contribution in [3.63, 3.8) is 0 Å². The summed E-state index contributed by atoms with van der Waals surface area (Å²) < 4.78 is 7.45. The van der Waals surface area contributed by atoms with Crippen LogP contribution in [0.4, 0.5) is 5.69 Å². The summed E-state index contributed by atoms with van der Waals surface area (Å²) in [7, 11) is 0. The fraction of sp³-hybridized carbons (Fsp3) is 0.188. The number of halogens is 3. The third-order valence-electron chi connectivity index (χ3n) is 3.05. The van der Waals surface area contributed by atoms with Crippen molar-refractivity contribution >= 4 is 55.1 Å². The van der Waals surface area contributed by atoms with Gasteiger partial charge in [0.15, 0.2) is 0 Å². The second kappa shape index (κ2) is 8.04. The molecule has 0 aliphatic rings. The number of benzene rings is 2. The van der Waals surface area contributed by atoms with Gasteiger partial charge in [-0.1, -0.05) is 27.5 Å². The number of aromatic carboxylic acids is 1. The Balaban J connectivity index is 2.24. The zero-order valence-electron chi connectivity index (χ0n) is 12.2. The van der Waals surface area contributed by atoms with E-state index in [1.807, 2.05) is 19.1 Å². The molecule has 23 heavy (non-hydrogen) atoms. The maximum atomic E-state index is 11.1. The minimum atomic E-state index is -1.06. The maximum absolute atomic E-state index is 11.1. The molecule has 0 fully saturated rings. The van der Waals surface area contributed by atoms with Crippen LogP contribution in [0.3, 0.4) is 0 Å². The lowest BCUT2D eigenvalue weighted by atomic mass is 10.1. The van der Waals surface area contributed by atoms with Crippen LogP contribution in [-0.2, 0) is 6.54 Å². The predicted octanol–water partition coefficient (Wildman–Crippen LogP) is 5.57. The Morgan fingerprint density at radius 2 is 2.04 bits per heavy atom. The highest BCUT2D eigenvalue weighted by molar-refractivity contribution is 9.11. The summed E-state index contributed by atoms with van der Waals surface area (Å²) in [6.45, 7) is 2.95. The van der Waals surface area contributed by atoms with Crippen molar-refractivity contribution in [3.8, 4) is 5.75 Å². The van der Waals surface area contributed by atoms with Gasteiger partial charge < -0.3 is 15.2 Å². The second-order valence-electron chi connectivity index (χ2n) is 4.66. The lowest BCUT2D eigenvalue weighted by Gasteiger charge is -2.14.